The third-order valence-electron chi connectivity index (χ3n) is 7.39. The van der Waals surface area contributed by atoms with Crippen LogP contribution in [-0.4, -0.2) is 45.2 Å². The number of carbonyl (C=O) groups is 1. The molecule has 0 saturated heterocycles. The van der Waals surface area contributed by atoms with Crippen molar-refractivity contribution in [3.63, 3.8) is 0 Å². The molecule has 0 bridgehead atoms. The second kappa shape index (κ2) is 9.16. The Hall–Kier alpha value is -3.77. The summed E-state index contributed by atoms with van der Waals surface area (Å²) in [6, 6.07) is 8.61. The number of rotatable bonds is 7. The summed E-state index contributed by atoms with van der Waals surface area (Å²) >= 11 is 0. The lowest BCUT2D eigenvalue weighted by Gasteiger charge is -2.38. The molecule has 3 atom stereocenters. The molecule has 2 aromatic rings. The van der Waals surface area contributed by atoms with Crippen LogP contribution >= 0.6 is 0 Å². The number of benzene rings is 2. The average molecular weight is 557 g/mol. The molecule has 0 aliphatic carbocycles. The van der Waals surface area contributed by atoms with E-state index in [0.29, 0.717) is 5.01 Å². The van der Waals surface area contributed by atoms with Crippen LogP contribution in [0.5, 0.6) is 0 Å². The highest BCUT2D eigenvalue weighted by molar-refractivity contribution is 6.23. The Morgan fingerprint density at radius 2 is 1.64 bits per heavy atom. The molecule has 0 N–H and O–H groups in total. The van der Waals surface area contributed by atoms with Crippen molar-refractivity contribution in [2.24, 2.45) is 10.5 Å². The summed E-state index contributed by atoms with van der Waals surface area (Å²) in [6.45, 7) is 4.13. The lowest BCUT2D eigenvalue weighted by atomic mass is 9.69. The minimum atomic E-state index is -6.27. The van der Waals surface area contributed by atoms with Gasteiger partial charge in [0.2, 0.25) is 11.5 Å². The maximum atomic E-state index is 17.0. The summed E-state index contributed by atoms with van der Waals surface area (Å²) in [5, 5.41) is 14.8. The minimum absolute atomic E-state index is 0.0435. The van der Waals surface area contributed by atoms with Crippen molar-refractivity contribution in [3.05, 3.63) is 87.1 Å². The molecule has 2 heterocycles. The molecule has 2 aliphatic rings. The van der Waals surface area contributed by atoms with Crippen LogP contribution in [0.4, 0.5) is 36.4 Å². The van der Waals surface area contributed by atoms with Crippen LogP contribution in [0, 0.1) is 15.5 Å². The Kier molecular flexibility index (Phi) is 6.64. The number of hydrogen-bond acceptors (Lipinski definition) is 5. The van der Waals surface area contributed by atoms with E-state index in [9.17, 15) is 36.9 Å². The third-order valence-corrected chi connectivity index (χ3v) is 7.39. The summed E-state index contributed by atoms with van der Waals surface area (Å²) < 4.78 is 102. The molecule has 0 amide bonds. The van der Waals surface area contributed by atoms with E-state index in [0.717, 1.165) is 36.4 Å². The number of halogens is 7. The summed E-state index contributed by atoms with van der Waals surface area (Å²) in [4.78, 5) is 23.6. The highest BCUT2D eigenvalue weighted by Crippen LogP contribution is 2.57. The van der Waals surface area contributed by atoms with E-state index in [1.165, 1.54) is 39.0 Å². The smallest absolute Gasteiger partial charge is 0.290 e. The van der Waals surface area contributed by atoms with Gasteiger partial charge in [0.1, 0.15) is 12.2 Å². The number of hydrazone groups is 1. The van der Waals surface area contributed by atoms with Gasteiger partial charge in [0.15, 0.2) is 5.71 Å². The molecule has 0 aromatic heterocycles. The molecule has 0 fully saturated rings. The zero-order valence-electron chi connectivity index (χ0n) is 20.8. The topological polar surface area (TPSA) is 75.8 Å². The van der Waals surface area contributed by atoms with Gasteiger partial charge in [-0.05, 0) is 30.2 Å². The first-order valence-corrected chi connectivity index (χ1v) is 11.7. The third kappa shape index (κ3) is 4.27. The number of carbonyl (C=O) groups excluding carboxylic acids is 1. The first kappa shape index (κ1) is 28.2. The van der Waals surface area contributed by atoms with E-state index in [4.69, 9.17) is 0 Å². The van der Waals surface area contributed by atoms with Gasteiger partial charge >= 0.3 is 12.1 Å². The van der Waals surface area contributed by atoms with Gasteiger partial charge in [-0.25, -0.2) is 8.78 Å². The highest BCUT2D eigenvalue weighted by atomic mass is 19.4. The van der Waals surface area contributed by atoms with E-state index < -0.39 is 63.8 Å². The van der Waals surface area contributed by atoms with Crippen LogP contribution in [0.2, 0.25) is 0 Å². The Labute approximate surface area is 217 Å². The van der Waals surface area contributed by atoms with Crippen molar-refractivity contribution in [2.75, 3.05) is 0 Å². The molecule has 2 aliphatic heterocycles. The van der Waals surface area contributed by atoms with Crippen molar-refractivity contribution in [3.8, 4) is 0 Å². The predicted molar refractivity (Wildman–Crippen MR) is 127 cm³/mol. The van der Waals surface area contributed by atoms with Gasteiger partial charge in [-0.15, -0.1) is 0 Å². The molecular formula is C26H22F7N3O3. The van der Waals surface area contributed by atoms with Crippen LogP contribution in [0.3, 0.4) is 0 Å². The minimum Gasteiger partial charge on any atom is -0.290 e. The fraction of sp³-hybridized carbons (Fsp3) is 0.385. The largest absolute Gasteiger partial charge is 0.459 e. The number of nitro benzene ring substituents is 1. The van der Waals surface area contributed by atoms with Gasteiger partial charge in [0, 0.05) is 35.2 Å². The fourth-order valence-corrected chi connectivity index (χ4v) is 5.10. The molecule has 0 spiro atoms. The first-order valence-electron chi connectivity index (χ1n) is 11.7. The van der Waals surface area contributed by atoms with Crippen molar-refractivity contribution in [1.82, 2.24) is 5.01 Å². The Morgan fingerprint density at radius 3 is 2.15 bits per heavy atom. The maximum absolute atomic E-state index is 17.0. The first-order chi connectivity index (χ1) is 18.0. The SMILES string of the molecule is CC1=C(CC(F)c2ccc([N+](=O)[O-])cc2)N2N=C(C(F)(F)C(F)(F)F)[C@@](F)(C(=O)c3ccccc3)[C@@H]2C1(C)C. The molecule has 6 nitrogen and oxygen atoms in total. The van der Waals surface area contributed by atoms with Crippen LogP contribution in [-0.2, 0) is 0 Å². The lowest BCUT2D eigenvalue weighted by Crippen LogP contribution is -2.62. The summed E-state index contributed by atoms with van der Waals surface area (Å²) in [7, 11) is 0. The van der Waals surface area contributed by atoms with Gasteiger partial charge in [-0.2, -0.15) is 27.1 Å². The van der Waals surface area contributed by atoms with E-state index in [1.807, 2.05) is 0 Å². The molecular weight excluding hydrogens is 535 g/mol. The van der Waals surface area contributed by atoms with Crippen LogP contribution in [0.1, 0.15) is 49.3 Å². The number of non-ortho nitro benzene ring substituents is 1. The Morgan fingerprint density at radius 1 is 1.08 bits per heavy atom. The average Bonchev–Trinajstić information content (AvgIpc) is 3.30. The standard InChI is InChI=1S/C26H22F7N3O3/c1-14-19(13-18(27)15-9-11-17(12-10-15)36(38)39)35-22(23(14,2)3)24(28,20(37)16-7-5-4-6-8-16)21(34-35)25(29,30)26(31,32)33/h4-12,18,22H,13H2,1-3H3/t18?,22-,24-/m0/s1. The van der Waals surface area contributed by atoms with Crippen molar-refractivity contribution >= 4 is 17.2 Å². The molecule has 39 heavy (non-hydrogen) atoms. The quantitative estimate of drug-likeness (QED) is 0.157. The number of nitro groups is 1. The molecule has 0 saturated carbocycles. The molecule has 4 rings (SSSR count). The van der Waals surface area contributed by atoms with E-state index in [-0.39, 0.29) is 22.5 Å². The lowest BCUT2D eigenvalue weighted by molar-refractivity contribution is -0.384. The summed E-state index contributed by atoms with van der Waals surface area (Å²) in [5.74, 6) is -7.45. The molecule has 208 valence electrons. The second-order valence-electron chi connectivity index (χ2n) is 9.99. The van der Waals surface area contributed by atoms with Gasteiger partial charge in [-0.3, -0.25) is 19.9 Å². The van der Waals surface area contributed by atoms with Gasteiger partial charge in [0.25, 0.3) is 5.69 Å². The van der Waals surface area contributed by atoms with Crippen LogP contribution in [0.15, 0.2) is 71.0 Å². The maximum Gasteiger partial charge on any atom is 0.459 e. The number of nitrogens with zero attached hydrogens (tertiary/aromatic N) is 3. The Bertz CT molecular complexity index is 1370. The predicted octanol–water partition coefficient (Wildman–Crippen LogP) is 7.14. The Balaban J connectivity index is 1.83. The number of hydrogen-bond donors (Lipinski definition) is 0. The molecule has 1 unspecified atom stereocenters. The number of Topliss-reactive ketones (excluding diaryl/α,β-unsaturated/α-hetero) is 1. The van der Waals surface area contributed by atoms with E-state index >= 15 is 8.78 Å². The fourth-order valence-electron chi connectivity index (χ4n) is 5.10. The zero-order valence-corrected chi connectivity index (χ0v) is 20.8. The summed E-state index contributed by atoms with van der Waals surface area (Å²) in [6.07, 6.45) is -8.82. The second-order valence-corrected chi connectivity index (χ2v) is 9.99. The number of allylic oxidation sites excluding steroid dienone is 1. The molecule has 2 aromatic carbocycles. The van der Waals surface area contributed by atoms with Gasteiger partial charge < -0.3 is 0 Å². The monoisotopic (exact) mass is 557 g/mol. The molecule has 13 heteroatoms. The van der Waals surface area contributed by atoms with Crippen molar-refractivity contribution in [1.29, 1.82) is 0 Å². The van der Waals surface area contributed by atoms with Crippen LogP contribution in [0.25, 0.3) is 0 Å². The zero-order chi connectivity index (χ0) is 29.1. The number of alkyl halides is 7. The van der Waals surface area contributed by atoms with Crippen LogP contribution < -0.4 is 0 Å². The van der Waals surface area contributed by atoms with E-state index in [2.05, 4.69) is 5.10 Å². The number of ketones is 1. The van der Waals surface area contributed by atoms with Crippen molar-refractivity contribution in [2.45, 2.75) is 57.2 Å². The molecule has 0 radical (unpaired) electrons. The summed E-state index contributed by atoms with van der Waals surface area (Å²) in [5.41, 5.74) is -8.52. The van der Waals surface area contributed by atoms with Gasteiger partial charge in [0.05, 0.1) is 4.92 Å². The van der Waals surface area contributed by atoms with Crippen molar-refractivity contribution < 1.29 is 40.5 Å². The van der Waals surface area contributed by atoms with Gasteiger partial charge in [-0.1, -0.05) is 44.2 Å². The van der Waals surface area contributed by atoms with E-state index in [1.54, 1.807) is 0 Å². The number of fused-ring (bicyclic) bond motifs is 1. The highest BCUT2D eigenvalue weighted by Gasteiger charge is 2.76. The normalized spacial score (nSPS) is 23.5.